The number of hydrogen-bond donors (Lipinski definition) is 1. The summed E-state index contributed by atoms with van der Waals surface area (Å²) in [7, 11) is 1.91. The Labute approximate surface area is 119 Å². The minimum absolute atomic E-state index is 0.0205. The van der Waals surface area contributed by atoms with E-state index in [9.17, 15) is 0 Å². The third-order valence-corrected chi connectivity index (χ3v) is 3.12. The highest BCUT2D eigenvalue weighted by Gasteiger charge is 2.24. The van der Waals surface area contributed by atoms with Gasteiger partial charge in [0, 0.05) is 31.9 Å². The van der Waals surface area contributed by atoms with Gasteiger partial charge in [-0.2, -0.15) is 5.10 Å². The summed E-state index contributed by atoms with van der Waals surface area (Å²) in [6.07, 6.45) is 9.14. The first kappa shape index (κ1) is 14.4. The molecule has 0 bridgehead atoms. The monoisotopic (exact) mass is 275 g/mol. The maximum Gasteiger partial charge on any atom is 0.195 e. The third-order valence-electron chi connectivity index (χ3n) is 3.12. The quantitative estimate of drug-likeness (QED) is 0.493. The first-order chi connectivity index (χ1) is 9.74. The van der Waals surface area contributed by atoms with Crippen LogP contribution in [0.2, 0.25) is 0 Å². The molecule has 0 radical (unpaired) electrons. The molecule has 6 nitrogen and oxygen atoms in total. The Morgan fingerprint density at radius 2 is 2.55 bits per heavy atom. The van der Waals surface area contributed by atoms with Crippen molar-refractivity contribution in [2.24, 2.45) is 12.0 Å². The Bertz CT molecular complexity index is 502. The van der Waals surface area contributed by atoms with Gasteiger partial charge in [0.2, 0.25) is 0 Å². The van der Waals surface area contributed by atoms with Crippen molar-refractivity contribution in [1.29, 1.82) is 0 Å². The predicted molar refractivity (Wildman–Crippen MR) is 78.3 cm³/mol. The summed E-state index contributed by atoms with van der Waals surface area (Å²) in [6, 6.07) is 0. The molecule has 0 aliphatic carbocycles. The number of nitrogens with zero attached hydrogens (tertiary/aromatic N) is 4. The molecule has 1 aliphatic rings. The standard InChI is InChI=1S/C14H21N5O/c1-4-6-16-14(15-5-2)19-7-8-20-13(11-19)12-9-17-18(3)10-12/h1,9-10,13H,5-8,11H2,2-3H3,(H,15,16). The van der Waals surface area contributed by atoms with Crippen LogP contribution in [-0.2, 0) is 11.8 Å². The van der Waals surface area contributed by atoms with Crippen LogP contribution in [0.4, 0.5) is 0 Å². The van der Waals surface area contributed by atoms with Crippen LogP contribution in [0, 0.1) is 12.3 Å². The molecule has 1 aliphatic heterocycles. The van der Waals surface area contributed by atoms with Crippen molar-refractivity contribution in [3.8, 4) is 12.3 Å². The maximum absolute atomic E-state index is 5.82. The number of guanidine groups is 1. The van der Waals surface area contributed by atoms with Crippen molar-refractivity contribution in [2.75, 3.05) is 32.8 Å². The normalized spacial score (nSPS) is 19.8. The smallest absolute Gasteiger partial charge is 0.195 e. The molecular weight excluding hydrogens is 254 g/mol. The highest BCUT2D eigenvalue weighted by Crippen LogP contribution is 2.21. The second-order valence-corrected chi connectivity index (χ2v) is 4.63. The second-order valence-electron chi connectivity index (χ2n) is 4.63. The van der Waals surface area contributed by atoms with E-state index in [0.29, 0.717) is 13.2 Å². The summed E-state index contributed by atoms with van der Waals surface area (Å²) >= 11 is 0. The number of aliphatic imine (C=N–C) groups is 1. The fourth-order valence-corrected chi connectivity index (χ4v) is 2.20. The Hall–Kier alpha value is -2.00. The zero-order chi connectivity index (χ0) is 14.4. The number of terminal acetylenes is 1. The highest BCUT2D eigenvalue weighted by atomic mass is 16.5. The molecule has 1 atom stereocenters. The van der Waals surface area contributed by atoms with Crippen molar-refractivity contribution in [1.82, 2.24) is 20.0 Å². The summed E-state index contributed by atoms with van der Waals surface area (Å²) in [5, 5.41) is 7.46. The average Bonchev–Trinajstić information content (AvgIpc) is 2.90. The van der Waals surface area contributed by atoms with Gasteiger partial charge < -0.3 is 15.0 Å². The third kappa shape index (κ3) is 3.52. The Kier molecular flexibility index (Phi) is 5.02. The second kappa shape index (κ2) is 6.96. The van der Waals surface area contributed by atoms with E-state index in [-0.39, 0.29) is 6.10 Å². The molecule has 1 N–H and O–H groups in total. The lowest BCUT2D eigenvalue weighted by atomic mass is 10.1. The first-order valence-electron chi connectivity index (χ1n) is 6.81. The van der Waals surface area contributed by atoms with E-state index < -0.39 is 0 Å². The van der Waals surface area contributed by atoms with Crippen molar-refractivity contribution in [3.63, 3.8) is 0 Å². The van der Waals surface area contributed by atoms with Crippen molar-refractivity contribution < 1.29 is 4.74 Å². The van der Waals surface area contributed by atoms with Crippen LogP contribution in [0.5, 0.6) is 0 Å². The molecule has 1 aromatic rings. The lowest BCUT2D eigenvalue weighted by molar-refractivity contribution is -0.00801. The SMILES string of the molecule is C#CCN=C(NCC)N1CCOC(c2cnn(C)c2)C1. The molecule has 0 aromatic carbocycles. The van der Waals surface area contributed by atoms with Gasteiger partial charge in [-0.1, -0.05) is 5.92 Å². The van der Waals surface area contributed by atoms with Crippen LogP contribution >= 0.6 is 0 Å². The molecule has 1 unspecified atom stereocenters. The van der Waals surface area contributed by atoms with E-state index in [1.54, 1.807) is 4.68 Å². The highest BCUT2D eigenvalue weighted by molar-refractivity contribution is 5.80. The van der Waals surface area contributed by atoms with E-state index in [4.69, 9.17) is 11.2 Å². The van der Waals surface area contributed by atoms with Crippen LogP contribution in [-0.4, -0.2) is 53.4 Å². The molecule has 0 amide bonds. The van der Waals surface area contributed by atoms with Gasteiger partial charge in [0.05, 0.1) is 19.3 Å². The fourth-order valence-electron chi connectivity index (χ4n) is 2.20. The van der Waals surface area contributed by atoms with Gasteiger partial charge in [-0.05, 0) is 6.92 Å². The Morgan fingerprint density at radius 3 is 3.20 bits per heavy atom. The van der Waals surface area contributed by atoms with Gasteiger partial charge in [-0.15, -0.1) is 6.42 Å². The van der Waals surface area contributed by atoms with Crippen molar-refractivity contribution >= 4 is 5.96 Å². The molecule has 2 heterocycles. The Balaban J connectivity index is 2.06. The average molecular weight is 275 g/mol. The summed E-state index contributed by atoms with van der Waals surface area (Å²) in [6.45, 7) is 5.48. The van der Waals surface area contributed by atoms with Crippen LogP contribution < -0.4 is 5.32 Å². The molecular formula is C14H21N5O. The van der Waals surface area contributed by atoms with E-state index >= 15 is 0 Å². The van der Waals surface area contributed by atoms with Gasteiger partial charge in [0.1, 0.15) is 12.6 Å². The number of hydrogen-bond acceptors (Lipinski definition) is 3. The molecule has 1 fully saturated rings. The summed E-state index contributed by atoms with van der Waals surface area (Å²) in [4.78, 5) is 6.59. The number of aryl methyl sites for hydroxylation is 1. The molecule has 6 heteroatoms. The Morgan fingerprint density at radius 1 is 1.70 bits per heavy atom. The molecule has 1 aromatic heterocycles. The number of morpholine rings is 1. The lowest BCUT2D eigenvalue weighted by Gasteiger charge is -2.34. The number of ether oxygens (including phenoxy) is 1. The fraction of sp³-hybridized carbons (Fsp3) is 0.571. The molecule has 1 saturated heterocycles. The van der Waals surface area contributed by atoms with Gasteiger partial charge >= 0.3 is 0 Å². The zero-order valence-corrected chi connectivity index (χ0v) is 12.0. The molecule has 0 spiro atoms. The van der Waals surface area contributed by atoms with Crippen LogP contribution in [0.1, 0.15) is 18.6 Å². The molecule has 0 saturated carbocycles. The maximum atomic E-state index is 5.82. The van der Waals surface area contributed by atoms with Gasteiger partial charge in [0.25, 0.3) is 0 Å². The summed E-state index contributed by atoms with van der Waals surface area (Å²) in [5.41, 5.74) is 1.09. The number of nitrogens with one attached hydrogen (secondary N) is 1. The molecule has 20 heavy (non-hydrogen) atoms. The topological polar surface area (TPSA) is 54.7 Å². The van der Waals surface area contributed by atoms with E-state index in [1.165, 1.54) is 0 Å². The van der Waals surface area contributed by atoms with Crippen LogP contribution in [0.15, 0.2) is 17.4 Å². The lowest BCUT2D eigenvalue weighted by Crippen LogP contribution is -2.48. The van der Waals surface area contributed by atoms with Crippen molar-refractivity contribution in [3.05, 3.63) is 18.0 Å². The number of aromatic nitrogens is 2. The molecule has 2 rings (SSSR count). The number of rotatable bonds is 3. The largest absolute Gasteiger partial charge is 0.370 e. The van der Waals surface area contributed by atoms with Gasteiger partial charge in [-0.3, -0.25) is 4.68 Å². The van der Waals surface area contributed by atoms with Crippen molar-refractivity contribution in [2.45, 2.75) is 13.0 Å². The zero-order valence-electron chi connectivity index (χ0n) is 12.0. The van der Waals surface area contributed by atoms with E-state index in [1.807, 2.05) is 26.4 Å². The predicted octanol–water partition coefficient (Wildman–Crippen LogP) is 0.392. The van der Waals surface area contributed by atoms with E-state index in [0.717, 1.165) is 31.2 Å². The van der Waals surface area contributed by atoms with E-state index in [2.05, 4.69) is 26.2 Å². The first-order valence-corrected chi connectivity index (χ1v) is 6.81. The minimum atomic E-state index is 0.0205. The van der Waals surface area contributed by atoms with Crippen LogP contribution in [0.25, 0.3) is 0 Å². The minimum Gasteiger partial charge on any atom is -0.370 e. The van der Waals surface area contributed by atoms with Gasteiger partial charge in [0.15, 0.2) is 5.96 Å². The van der Waals surface area contributed by atoms with Gasteiger partial charge in [-0.25, -0.2) is 4.99 Å². The molecule has 108 valence electrons. The van der Waals surface area contributed by atoms with Crippen LogP contribution in [0.3, 0.4) is 0 Å². The summed E-state index contributed by atoms with van der Waals surface area (Å²) in [5.74, 6) is 3.39. The summed E-state index contributed by atoms with van der Waals surface area (Å²) < 4.78 is 7.61.